The predicted octanol–water partition coefficient (Wildman–Crippen LogP) is 0.458. The molecule has 0 bridgehead atoms. The van der Waals surface area contributed by atoms with E-state index >= 15 is 0 Å². The molecule has 1 amide bonds. The normalized spacial score (nSPS) is 23.9. The molecule has 108 valence electrons. The zero-order chi connectivity index (χ0) is 14.8. The van der Waals surface area contributed by atoms with Crippen molar-refractivity contribution in [2.45, 2.75) is 24.4 Å². The first-order valence-corrected chi connectivity index (χ1v) is 6.29. The average molecular weight is 278 g/mol. The summed E-state index contributed by atoms with van der Waals surface area (Å²) in [6.07, 6.45) is 0.682. The molecule has 1 fully saturated rings. The van der Waals surface area contributed by atoms with E-state index in [1.54, 1.807) is 31.4 Å². The van der Waals surface area contributed by atoms with Gasteiger partial charge in [0, 0.05) is 17.1 Å². The Kier molecular flexibility index (Phi) is 3.94. The van der Waals surface area contributed by atoms with Crippen LogP contribution in [0.1, 0.15) is 23.2 Å². The summed E-state index contributed by atoms with van der Waals surface area (Å²) in [5, 5.41) is 2.82. The second-order valence-corrected chi connectivity index (χ2v) is 4.94. The molecule has 0 aromatic heterocycles. The fourth-order valence-electron chi connectivity index (χ4n) is 2.04. The number of esters is 1. The van der Waals surface area contributed by atoms with Crippen LogP contribution in [0.3, 0.4) is 0 Å². The number of hydrogen-bond donors (Lipinski definition) is 2. The summed E-state index contributed by atoms with van der Waals surface area (Å²) >= 11 is 0. The lowest BCUT2D eigenvalue weighted by atomic mass is 10.1. The van der Waals surface area contributed by atoms with Crippen LogP contribution >= 0.6 is 0 Å². The highest BCUT2D eigenvalue weighted by Crippen LogP contribution is 2.37. The summed E-state index contributed by atoms with van der Waals surface area (Å²) in [4.78, 5) is 23.2. The lowest BCUT2D eigenvalue weighted by molar-refractivity contribution is -0.141. The lowest BCUT2D eigenvalue weighted by Gasteiger charge is -2.11. The van der Waals surface area contributed by atoms with Gasteiger partial charge in [-0.1, -0.05) is 0 Å². The van der Waals surface area contributed by atoms with Crippen molar-refractivity contribution in [2.75, 3.05) is 14.2 Å². The fourth-order valence-corrected chi connectivity index (χ4v) is 2.04. The van der Waals surface area contributed by atoms with Gasteiger partial charge in [0.05, 0.1) is 20.6 Å². The molecule has 1 unspecified atom stereocenters. The maximum Gasteiger partial charge on any atom is 0.307 e. The zero-order valence-corrected chi connectivity index (χ0v) is 11.5. The highest BCUT2D eigenvalue weighted by atomic mass is 16.5. The van der Waals surface area contributed by atoms with Crippen molar-refractivity contribution in [3.8, 4) is 5.75 Å². The van der Waals surface area contributed by atoms with E-state index in [0.29, 0.717) is 17.7 Å². The van der Waals surface area contributed by atoms with Gasteiger partial charge >= 0.3 is 5.97 Å². The molecule has 0 radical (unpaired) electrons. The molecule has 6 heteroatoms. The largest absolute Gasteiger partial charge is 0.497 e. The Morgan fingerprint density at radius 1 is 1.35 bits per heavy atom. The van der Waals surface area contributed by atoms with Gasteiger partial charge in [-0.3, -0.25) is 9.59 Å². The number of rotatable bonds is 5. The minimum absolute atomic E-state index is 0.108. The van der Waals surface area contributed by atoms with Crippen LogP contribution in [0.15, 0.2) is 24.3 Å². The summed E-state index contributed by atoms with van der Waals surface area (Å²) < 4.78 is 9.61. The SMILES string of the molecule is COC(=O)CC1(N)C[C@H]1NC(=O)c1ccc(OC)cc1. The van der Waals surface area contributed by atoms with Crippen LogP contribution in [0, 0.1) is 0 Å². The van der Waals surface area contributed by atoms with E-state index in [1.807, 2.05) is 0 Å². The van der Waals surface area contributed by atoms with Crippen LogP contribution in [0.2, 0.25) is 0 Å². The summed E-state index contributed by atoms with van der Waals surface area (Å²) in [5.74, 6) is 0.107. The van der Waals surface area contributed by atoms with Gasteiger partial charge in [0.2, 0.25) is 0 Å². The number of hydrogen-bond acceptors (Lipinski definition) is 5. The van der Waals surface area contributed by atoms with E-state index in [2.05, 4.69) is 10.1 Å². The van der Waals surface area contributed by atoms with Gasteiger partial charge < -0.3 is 20.5 Å². The molecule has 3 N–H and O–H groups in total. The molecule has 2 atom stereocenters. The van der Waals surface area contributed by atoms with Gasteiger partial charge in [-0.2, -0.15) is 0 Å². The van der Waals surface area contributed by atoms with Crippen molar-refractivity contribution >= 4 is 11.9 Å². The molecule has 6 nitrogen and oxygen atoms in total. The summed E-state index contributed by atoms with van der Waals surface area (Å²) in [7, 11) is 2.88. The Labute approximate surface area is 117 Å². The summed E-state index contributed by atoms with van der Waals surface area (Å²) in [6.45, 7) is 0. The molecule has 1 saturated carbocycles. The maximum absolute atomic E-state index is 12.0. The molecule has 1 aromatic rings. The molecule has 0 spiro atoms. The zero-order valence-electron chi connectivity index (χ0n) is 11.5. The number of nitrogens with one attached hydrogen (secondary N) is 1. The number of carbonyl (C=O) groups is 2. The summed E-state index contributed by atoms with van der Waals surface area (Å²) in [6, 6.07) is 6.58. The predicted molar refractivity (Wildman–Crippen MR) is 72.4 cm³/mol. The number of amides is 1. The Hall–Kier alpha value is -2.08. The lowest BCUT2D eigenvalue weighted by Crippen LogP contribution is -2.39. The van der Waals surface area contributed by atoms with Gasteiger partial charge in [0.25, 0.3) is 5.91 Å². The van der Waals surface area contributed by atoms with E-state index < -0.39 is 5.54 Å². The van der Waals surface area contributed by atoms with Crippen LogP contribution in [0.5, 0.6) is 5.75 Å². The summed E-state index contributed by atoms with van der Waals surface area (Å²) in [5.41, 5.74) is 5.84. The Morgan fingerprint density at radius 2 is 2.00 bits per heavy atom. The van der Waals surface area contributed by atoms with Crippen LogP contribution < -0.4 is 15.8 Å². The number of ether oxygens (including phenoxy) is 2. The standard InChI is InChI=1S/C14H18N2O4/c1-19-10-5-3-9(4-6-10)13(18)16-11-7-14(11,15)8-12(17)20-2/h3-6,11H,7-8,15H2,1-2H3,(H,16,18)/t11-,14?/m1/s1. The van der Waals surface area contributed by atoms with Crippen LogP contribution in [-0.2, 0) is 9.53 Å². The van der Waals surface area contributed by atoms with E-state index in [1.165, 1.54) is 7.11 Å². The van der Waals surface area contributed by atoms with Crippen LogP contribution in [0.25, 0.3) is 0 Å². The van der Waals surface area contributed by atoms with Crippen molar-refractivity contribution in [1.82, 2.24) is 5.32 Å². The van der Waals surface area contributed by atoms with Crippen molar-refractivity contribution < 1.29 is 19.1 Å². The Balaban J connectivity index is 1.91. The minimum atomic E-state index is -0.685. The molecule has 1 aromatic carbocycles. The highest BCUT2D eigenvalue weighted by Gasteiger charge is 2.53. The average Bonchev–Trinajstić information content (AvgIpc) is 3.07. The molecule has 20 heavy (non-hydrogen) atoms. The van der Waals surface area contributed by atoms with Crippen molar-refractivity contribution in [3.05, 3.63) is 29.8 Å². The molecule has 1 aliphatic rings. The Morgan fingerprint density at radius 3 is 2.55 bits per heavy atom. The molecular weight excluding hydrogens is 260 g/mol. The Bertz CT molecular complexity index is 514. The maximum atomic E-state index is 12.0. The first kappa shape index (κ1) is 14.3. The van der Waals surface area contributed by atoms with Crippen LogP contribution in [0.4, 0.5) is 0 Å². The number of carbonyl (C=O) groups excluding carboxylic acids is 2. The third-order valence-electron chi connectivity index (χ3n) is 3.48. The van der Waals surface area contributed by atoms with Gasteiger partial charge in [-0.25, -0.2) is 0 Å². The molecular formula is C14H18N2O4. The number of benzene rings is 1. The fraction of sp³-hybridized carbons (Fsp3) is 0.429. The van der Waals surface area contributed by atoms with E-state index in [0.717, 1.165) is 0 Å². The molecule has 0 saturated heterocycles. The first-order valence-electron chi connectivity index (χ1n) is 6.29. The third-order valence-corrected chi connectivity index (χ3v) is 3.48. The smallest absolute Gasteiger partial charge is 0.307 e. The number of methoxy groups -OCH3 is 2. The quantitative estimate of drug-likeness (QED) is 0.763. The topological polar surface area (TPSA) is 90.6 Å². The van der Waals surface area contributed by atoms with Crippen LogP contribution in [-0.4, -0.2) is 37.7 Å². The van der Waals surface area contributed by atoms with Gasteiger partial charge in [0.15, 0.2) is 0 Å². The van der Waals surface area contributed by atoms with Crippen molar-refractivity contribution in [3.63, 3.8) is 0 Å². The van der Waals surface area contributed by atoms with Gasteiger partial charge in [0.1, 0.15) is 5.75 Å². The molecule has 0 heterocycles. The third kappa shape index (κ3) is 3.08. The second-order valence-electron chi connectivity index (χ2n) is 4.94. The number of nitrogens with two attached hydrogens (primary N) is 1. The monoisotopic (exact) mass is 278 g/mol. The molecule has 0 aliphatic heterocycles. The van der Waals surface area contributed by atoms with Gasteiger partial charge in [-0.15, -0.1) is 0 Å². The van der Waals surface area contributed by atoms with Gasteiger partial charge in [-0.05, 0) is 30.7 Å². The van der Waals surface area contributed by atoms with Crippen molar-refractivity contribution in [2.24, 2.45) is 5.73 Å². The van der Waals surface area contributed by atoms with E-state index in [9.17, 15) is 9.59 Å². The highest BCUT2D eigenvalue weighted by molar-refractivity contribution is 5.95. The second kappa shape index (κ2) is 5.50. The molecule has 2 rings (SSSR count). The molecule has 1 aliphatic carbocycles. The van der Waals surface area contributed by atoms with E-state index in [4.69, 9.17) is 10.5 Å². The van der Waals surface area contributed by atoms with E-state index in [-0.39, 0.29) is 24.3 Å². The van der Waals surface area contributed by atoms with Crippen molar-refractivity contribution in [1.29, 1.82) is 0 Å². The first-order chi connectivity index (χ1) is 9.48. The minimum Gasteiger partial charge on any atom is -0.497 e.